The van der Waals surface area contributed by atoms with E-state index in [1.165, 1.54) is 0 Å². The number of rotatable bonds is 7. The van der Waals surface area contributed by atoms with Gasteiger partial charge in [-0.05, 0) is 24.1 Å². The Balaban J connectivity index is 2.19. The predicted octanol–water partition coefficient (Wildman–Crippen LogP) is 2.89. The number of halogens is 1. The van der Waals surface area contributed by atoms with Crippen LogP contribution in [-0.4, -0.2) is 21.5 Å². The second-order valence-electron chi connectivity index (χ2n) is 5.11. The molecule has 1 heterocycles. The maximum atomic E-state index is 5.93. The van der Waals surface area contributed by atoms with Crippen LogP contribution in [0.4, 0.5) is 17.8 Å². The molecule has 4 N–H and O–H groups in total. The molecule has 0 saturated heterocycles. The van der Waals surface area contributed by atoms with Gasteiger partial charge in [0.05, 0.1) is 0 Å². The third-order valence-electron chi connectivity index (χ3n) is 3.26. The molecule has 1 aromatic heterocycles. The highest BCUT2D eigenvalue weighted by Crippen LogP contribution is 2.17. The highest BCUT2D eigenvalue weighted by atomic mass is 35.5. The maximum absolute atomic E-state index is 5.93. The normalized spacial score (nSPS) is 10.6. The smallest absolute Gasteiger partial charge is 0.232 e. The first-order chi connectivity index (χ1) is 10.6. The van der Waals surface area contributed by atoms with Crippen molar-refractivity contribution in [3.05, 3.63) is 34.9 Å². The van der Waals surface area contributed by atoms with Crippen LogP contribution in [0, 0.1) is 0 Å². The molecule has 0 aliphatic heterocycles. The van der Waals surface area contributed by atoms with E-state index in [1.54, 1.807) is 0 Å². The van der Waals surface area contributed by atoms with E-state index in [0.717, 1.165) is 36.4 Å². The molecule has 22 heavy (non-hydrogen) atoms. The van der Waals surface area contributed by atoms with Crippen molar-refractivity contribution in [1.82, 2.24) is 15.0 Å². The summed E-state index contributed by atoms with van der Waals surface area (Å²) in [5.41, 5.74) is 12.5. The van der Waals surface area contributed by atoms with Gasteiger partial charge >= 0.3 is 0 Å². The number of hydrogen-bond donors (Lipinski definition) is 2. The summed E-state index contributed by atoms with van der Waals surface area (Å²) in [6.45, 7) is 3.67. The second kappa shape index (κ2) is 7.79. The summed E-state index contributed by atoms with van der Waals surface area (Å²) in [5.74, 6) is 0.786. The van der Waals surface area contributed by atoms with Crippen molar-refractivity contribution in [3.8, 4) is 0 Å². The zero-order valence-electron chi connectivity index (χ0n) is 12.7. The van der Waals surface area contributed by atoms with Crippen LogP contribution in [-0.2, 0) is 6.54 Å². The zero-order chi connectivity index (χ0) is 15.9. The Labute approximate surface area is 135 Å². The molecule has 0 aliphatic carbocycles. The molecule has 0 bridgehead atoms. The van der Waals surface area contributed by atoms with Crippen molar-refractivity contribution in [2.75, 3.05) is 22.9 Å². The van der Waals surface area contributed by atoms with Crippen LogP contribution < -0.4 is 16.4 Å². The van der Waals surface area contributed by atoms with E-state index in [1.807, 2.05) is 24.3 Å². The lowest BCUT2D eigenvalue weighted by molar-refractivity contribution is 0.662. The van der Waals surface area contributed by atoms with Crippen LogP contribution in [0.2, 0.25) is 5.02 Å². The molecule has 0 atom stereocenters. The van der Waals surface area contributed by atoms with Gasteiger partial charge in [0.1, 0.15) is 0 Å². The summed E-state index contributed by atoms with van der Waals surface area (Å²) in [6.07, 6.45) is 3.35. The molecule has 118 valence electrons. The van der Waals surface area contributed by atoms with Crippen molar-refractivity contribution < 1.29 is 0 Å². The molecule has 0 fully saturated rings. The van der Waals surface area contributed by atoms with Crippen LogP contribution in [0.15, 0.2) is 24.3 Å². The van der Waals surface area contributed by atoms with Crippen LogP contribution >= 0.6 is 11.6 Å². The summed E-state index contributed by atoms with van der Waals surface area (Å²) < 4.78 is 0. The molecule has 0 unspecified atom stereocenters. The number of nitrogen functional groups attached to an aromatic ring is 2. The quantitative estimate of drug-likeness (QED) is 0.762. The summed E-state index contributed by atoms with van der Waals surface area (Å²) in [6, 6.07) is 7.72. The Hall–Kier alpha value is -2.08. The van der Waals surface area contributed by atoms with Crippen LogP contribution in [0.3, 0.4) is 0 Å². The molecular formula is C15H21ClN6. The average Bonchev–Trinajstić information content (AvgIpc) is 2.47. The largest absolute Gasteiger partial charge is 0.368 e. The Morgan fingerprint density at radius 3 is 2.23 bits per heavy atom. The Bertz CT molecular complexity index is 581. The standard InChI is InChI=1S/C15H21ClN6/c1-2-3-4-9-22(10-11-5-7-12(16)8-6-11)15-20-13(17)19-14(18)21-15/h5-8H,2-4,9-10H2,1H3,(H4,17,18,19,20,21). The van der Waals surface area contributed by atoms with E-state index in [-0.39, 0.29) is 11.9 Å². The number of benzene rings is 1. The number of aromatic nitrogens is 3. The van der Waals surface area contributed by atoms with Gasteiger partial charge in [-0.1, -0.05) is 43.5 Å². The molecule has 1 aromatic carbocycles. The van der Waals surface area contributed by atoms with Crippen molar-refractivity contribution >= 4 is 29.4 Å². The van der Waals surface area contributed by atoms with E-state index in [9.17, 15) is 0 Å². The SMILES string of the molecule is CCCCCN(Cc1ccc(Cl)cc1)c1nc(N)nc(N)n1. The monoisotopic (exact) mass is 320 g/mol. The second-order valence-corrected chi connectivity index (χ2v) is 5.54. The summed E-state index contributed by atoms with van der Waals surface area (Å²) in [5, 5.41) is 0.718. The molecule has 0 radical (unpaired) electrons. The average molecular weight is 321 g/mol. The molecule has 0 spiro atoms. The van der Waals surface area contributed by atoms with Crippen LogP contribution in [0.5, 0.6) is 0 Å². The fraction of sp³-hybridized carbons (Fsp3) is 0.400. The van der Waals surface area contributed by atoms with Gasteiger partial charge in [-0.2, -0.15) is 15.0 Å². The van der Waals surface area contributed by atoms with Gasteiger partial charge in [-0.25, -0.2) is 0 Å². The van der Waals surface area contributed by atoms with E-state index in [2.05, 4.69) is 26.8 Å². The van der Waals surface area contributed by atoms with Crippen molar-refractivity contribution in [1.29, 1.82) is 0 Å². The van der Waals surface area contributed by atoms with Gasteiger partial charge < -0.3 is 16.4 Å². The van der Waals surface area contributed by atoms with Crippen molar-refractivity contribution in [2.45, 2.75) is 32.7 Å². The van der Waals surface area contributed by atoms with Gasteiger partial charge in [0.25, 0.3) is 0 Å². The Morgan fingerprint density at radius 1 is 1.00 bits per heavy atom. The highest BCUT2D eigenvalue weighted by molar-refractivity contribution is 6.30. The number of hydrogen-bond acceptors (Lipinski definition) is 6. The fourth-order valence-corrected chi connectivity index (χ4v) is 2.28. The van der Waals surface area contributed by atoms with Crippen LogP contribution in [0.25, 0.3) is 0 Å². The first-order valence-corrected chi connectivity index (χ1v) is 7.72. The lowest BCUT2D eigenvalue weighted by atomic mass is 10.2. The molecule has 0 amide bonds. The van der Waals surface area contributed by atoms with Crippen molar-refractivity contribution in [3.63, 3.8) is 0 Å². The molecule has 6 nitrogen and oxygen atoms in total. The van der Waals surface area contributed by atoms with Gasteiger partial charge in [-0.15, -0.1) is 0 Å². The minimum atomic E-state index is 0.138. The molecule has 0 aliphatic rings. The maximum Gasteiger partial charge on any atom is 0.232 e. The number of unbranched alkanes of at least 4 members (excludes halogenated alkanes) is 2. The lowest BCUT2D eigenvalue weighted by Gasteiger charge is -2.23. The fourth-order valence-electron chi connectivity index (χ4n) is 2.15. The predicted molar refractivity (Wildman–Crippen MR) is 90.7 cm³/mol. The summed E-state index contributed by atoms with van der Waals surface area (Å²) in [7, 11) is 0. The first kappa shape index (κ1) is 16.3. The van der Waals surface area contributed by atoms with Gasteiger partial charge in [-0.3, -0.25) is 0 Å². The Kier molecular flexibility index (Phi) is 5.77. The number of nitrogens with zero attached hydrogens (tertiary/aromatic N) is 4. The third-order valence-corrected chi connectivity index (χ3v) is 3.51. The van der Waals surface area contributed by atoms with E-state index in [0.29, 0.717) is 12.5 Å². The lowest BCUT2D eigenvalue weighted by Crippen LogP contribution is -2.27. The molecule has 7 heteroatoms. The highest BCUT2D eigenvalue weighted by Gasteiger charge is 2.12. The van der Waals surface area contributed by atoms with Gasteiger partial charge in [0.2, 0.25) is 17.8 Å². The summed E-state index contributed by atoms with van der Waals surface area (Å²) >= 11 is 5.93. The van der Waals surface area contributed by atoms with E-state index in [4.69, 9.17) is 23.1 Å². The third kappa shape index (κ3) is 4.73. The minimum absolute atomic E-state index is 0.138. The number of anilines is 3. The molecule has 2 rings (SSSR count). The van der Waals surface area contributed by atoms with Gasteiger partial charge in [0.15, 0.2) is 0 Å². The Morgan fingerprint density at radius 2 is 1.64 bits per heavy atom. The minimum Gasteiger partial charge on any atom is -0.368 e. The first-order valence-electron chi connectivity index (χ1n) is 7.35. The summed E-state index contributed by atoms with van der Waals surface area (Å²) in [4.78, 5) is 14.3. The number of nitrogens with two attached hydrogens (primary N) is 2. The zero-order valence-corrected chi connectivity index (χ0v) is 13.4. The topological polar surface area (TPSA) is 94.0 Å². The van der Waals surface area contributed by atoms with E-state index >= 15 is 0 Å². The van der Waals surface area contributed by atoms with Crippen LogP contribution in [0.1, 0.15) is 31.7 Å². The molecule has 2 aromatic rings. The molecule has 0 saturated carbocycles. The van der Waals surface area contributed by atoms with Gasteiger partial charge in [0, 0.05) is 18.1 Å². The van der Waals surface area contributed by atoms with E-state index < -0.39 is 0 Å². The van der Waals surface area contributed by atoms with Crippen molar-refractivity contribution in [2.24, 2.45) is 0 Å². The molecular weight excluding hydrogens is 300 g/mol.